The molecule has 2 heterocycles. The molecule has 2 aliphatic rings. The van der Waals surface area contributed by atoms with Gasteiger partial charge in [0.2, 0.25) is 0 Å². The Morgan fingerprint density at radius 2 is 0.778 bits per heavy atom. The van der Waals surface area contributed by atoms with Crippen molar-refractivity contribution >= 4 is 49.7 Å². The molecule has 18 atom stereocenters. The van der Waals surface area contributed by atoms with E-state index >= 15 is 0 Å². The van der Waals surface area contributed by atoms with Gasteiger partial charge in [-0.3, -0.25) is 0 Å². The normalized spacial score (nSPS) is 31.9. The molecular formula is C24H52CaO29. The monoisotopic (exact) mass is 844 g/mol. The van der Waals surface area contributed by atoms with E-state index in [-0.39, 0.29) is 65.1 Å². The summed E-state index contributed by atoms with van der Waals surface area (Å²) in [5.74, 6) is -4.18. The van der Waals surface area contributed by atoms with E-state index in [1.165, 1.54) is 0 Å². The third kappa shape index (κ3) is 17.0. The summed E-state index contributed by atoms with van der Waals surface area (Å²) in [6.45, 7) is -3.58. The second-order valence-electron chi connectivity index (χ2n) is 10.6. The third-order valence-electron chi connectivity index (χ3n) is 7.22. The molecule has 324 valence electrons. The predicted molar refractivity (Wildman–Crippen MR) is 161 cm³/mol. The Hall–Kier alpha value is -0.800. The van der Waals surface area contributed by atoms with Gasteiger partial charge in [0.25, 0.3) is 0 Å². The van der Waals surface area contributed by atoms with Gasteiger partial charge in [-0.1, -0.05) is 0 Å². The maximum atomic E-state index is 10.6. The molecular weight excluding hydrogens is 792 g/mol. The van der Waals surface area contributed by atoms with Crippen molar-refractivity contribution in [1.82, 2.24) is 0 Å². The fourth-order valence-corrected chi connectivity index (χ4v) is 4.31. The van der Waals surface area contributed by atoms with Crippen LogP contribution in [0.15, 0.2) is 0 Å². The summed E-state index contributed by atoms with van der Waals surface area (Å²) in [6.07, 6.45) is -34.5. The van der Waals surface area contributed by atoms with Crippen molar-refractivity contribution in [1.29, 1.82) is 0 Å². The van der Waals surface area contributed by atoms with Crippen LogP contribution in [0.1, 0.15) is 0 Å². The van der Waals surface area contributed by atoms with Crippen molar-refractivity contribution in [3.63, 3.8) is 0 Å². The van der Waals surface area contributed by atoms with E-state index in [9.17, 15) is 81.1 Å². The average molecular weight is 845 g/mol. The Kier molecular flexibility index (Phi) is 36.5. The standard InChI is InChI=1S/2C12H22O12.Ca.5H2O/c2*13-1-3(15)10(7(18)8(19)11(21)22)24-12-9(20)6(17)5(16)4(2-14)23-12;;;;;;/h2*3-10,12-20H,1-2H2,(H,21,22);;5*1H2/q;;+2;;;;;/p-2/t2*3-,4-,5-,6+,7-,8-,9-,10-,12+;;;;;;/m11....../s1. The Morgan fingerprint density at radius 1 is 0.519 bits per heavy atom. The Bertz CT molecular complexity index is 893. The van der Waals surface area contributed by atoms with Gasteiger partial charge in [0, 0.05) is 0 Å². The Balaban J connectivity index is -0.000000192. The van der Waals surface area contributed by atoms with E-state index < -0.39 is 149 Å². The SMILES string of the molecule is O.O.O.O.O.O=C([O-])[C@H](O)[C@@H](O)[C@H](O[C@@H]1O[C@H](CO)[C@@H](O)[C@H](O)[C@H]1O)[C@H](O)CO.O=C([O-])[C@H](O)[C@@H](O)[C@H](O[C@@H]1O[C@H](CO)[C@@H](O)[C@H](O)[C@H]1O)[C@H](O)CO.[Ca+2]. The zero-order valence-corrected chi connectivity index (χ0v) is 30.1. The van der Waals surface area contributed by atoms with Crippen molar-refractivity contribution in [3.8, 4) is 0 Å². The minimum absolute atomic E-state index is 0. The van der Waals surface area contributed by atoms with Crippen LogP contribution in [0.5, 0.6) is 0 Å². The average Bonchev–Trinajstić information content (AvgIpc) is 3.07. The summed E-state index contributed by atoms with van der Waals surface area (Å²) in [4.78, 5) is 21.2. The van der Waals surface area contributed by atoms with Gasteiger partial charge in [-0.05, 0) is 0 Å². The zero-order valence-electron chi connectivity index (χ0n) is 27.8. The van der Waals surface area contributed by atoms with Gasteiger partial charge in [-0.15, -0.1) is 0 Å². The number of carbonyl (C=O) groups is 2. The number of rotatable bonds is 16. The van der Waals surface area contributed by atoms with Crippen LogP contribution in [0.25, 0.3) is 0 Å². The second-order valence-corrected chi connectivity index (χ2v) is 10.6. The van der Waals surface area contributed by atoms with Crippen molar-refractivity contribution in [3.05, 3.63) is 0 Å². The maximum absolute atomic E-state index is 10.6. The molecule has 2 aliphatic heterocycles. The third-order valence-corrected chi connectivity index (χ3v) is 7.22. The van der Waals surface area contributed by atoms with Gasteiger partial charge in [-0.25, -0.2) is 0 Å². The molecule has 2 rings (SSSR count). The number of carboxylic acids is 2. The maximum Gasteiger partial charge on any atom is 2.00 e. The van der Waals surface area contributed by atoms with Crippen LogP contribution in [-0.4, -0.2) is 295 Å². The van der Waals surface area contributed by atoms with Gasteiger partial charge in [-0.2, -0.15) is 0 Å². The van der Waals surface area contributed by atoms with E-state index in [2.05, 4.69) is 0 Å². The summed E-state index contributed by atoms with van der Waals surface area (Å²) >= 11 is 0. The molecule has 29 nitrogen and oxygen atoms in total. The number of hydrogen-bond donors (Lipinski definition) is 16. The summed E-state index contributed by atoms with van der Waals surface area (Å²) in [5.41, 5.74) is 0. The van der Waals surface area contributed by atoms with Crippen LogP contribution >= 0.6 is 0 Å². The molecule has 0 aliphatic carbocycles. The van der Waals surface area contributed by atoms with Crippen LogP contribution in [0.4, 0.5) is 0 Å². The number of hydrogen-bond acceptors (Lipinski definition) is 24. The predicted octanol–water partition coefficient (Wildman–Crippen LogP) is -18.5. The topological polar surface area (TPSA) is 598 Å². The largest absolute Gasteiger partial charge is 2.00 e. The van der Waals surface area contributed by atoms with Crippen LogP contribution < -0.4 is 10.2 Å². The molecule has 26 N–H and O–H groups in total. The van der Waals surface area contributed by atoms with Gasteiger partial charge in [0.1, 0.15) is 97.7 Å². The van der Waals surface area contributed by atoms with Crippen LogP contribution in [0.3, 0.4) is 0 Å². The summed E-state index contributed by atoms with van der Waals surface area (Å²) in [5, 5.41) is 173. The number of aliphatic hydroxyl groups is 16. The first-order valence-electron chi connectivity index (χ1n) is 13.9. The van der Waals surface area contributed by atoms with E-state index in [1.807, 2.05) is 0 Å². The van der Waals surface area contributed by atoms with Gasteiger partial charge >= 0.3 is 37.7 Å². The molecule has 0 bridgehead atoms. The van der Waals surface area contributed by atoms with Gasteiger partial charge in [0.05, 0.1) is 38.4 Å². The van der Waals surface area contributed by atoms with Crippen LogP contribution in [-0.2, 0) is 28.5 Å². The molecule has 0 radical (unpaired) electrons. The second kappa shape index (κ2) is 30.3. The Morgan fingerprint density at radius 3 is 0.981 bits per heavy atom. The van der Waals surface area contributed by atoms with Gasteiger partial charge in [0.15, 0.2) is 12.6 Å². The van der Waals surface area contributed by atoms with Crippen molar-refractivity contribution in [2.24, 2.45) is 0 Å². The molecule has 0 saturated carbocycles. The van der Waals surface area contributed by atoms with E-state index in [4.69, 9.17) is 39.4 Å². The minimum Gasteiger partial charge on any atom is -0.547 e. The summed E-state index contributed by atoms with van der Waals surface area (Å²) in [7, 11) is 0. The van der Waals surface area contributed by atoms with Crippen LogP contribution in [0, 0.1) is 0 Å². The van der Waals surface area contributed by atoms with Gasteiger partial charge < -0.3 is 148 Å². The number of aliphatic carboxylic acids is 2. The van der Waals surface area contributed by atoms with Crippen molar-refractivity contribution in [2.75, 3.05) is 26.4 Å². The number of carboxylic acid groups (broad SMARTS) is 2. The molecule has 0 aromatic carbocycles. The van der Waals surface area contributed by atoms with E-state index in [0.717, 1.165) is 0 Å². The first kappa shape index (κ1) is 65.1. The van der Waals surface area contributed by atoms with Crippen molar-refractivity contribution < 1.29 is 148 Å². The molecule has 30 heteroatoms. The first-order chi connectivity index (χ1) is 22.3. The smallest absolute Gasteiger partial charge is 0.547 e. The Labute approximate surface area is 333 Å². The summed E-state index contributed by atoms with van der Waals surface area (Å²) < 4.78 is 19.9. The van der Waals surface area contributed by atoms with Crippen LogP contribution in [0.2, 0.25) is 0 Å². The fourth-order valence-electron chi connectivity index (χ4n) is 4.31. The summed E-state index contributed by atoms with van der Waals surface area (Å²) in [6, 6.07) is 0. The molecule has 2 saturated heterocycles. The number of ether oxygens (including phenoxy) is 4. The molecule has 2 fully saturated rings. The number of carbonyl (C=O) groups excluding carboxylic acids is 2. The molecule has 0 amide bonds. The van der Waals surface area contributed by atoms with E-state index in [1.54, 1.807) is 0 Å². The van der Waals surface area contributed by atoms with Crippen molar-refractivity contribution in [2.45, 2.75) is 110 Å². The molecule has 0 spiro atoms. The van der Waals surface area contributed by atoms with E-state index in [0.29, 0.717) is 0 Å². The molecule has 0 aromatic rings. The molecule has 0 aromatic heterocycles. The molecule has 54 heavy (non-hydrogen) atoms. The quantitative estimate of drug-likeness (QED) is 0.0641. The fraction of sp³-hybridized carbons (Fsp3) is 0.917. The minimum atomic E-state index is -2.50. The zero-order chi connectivity index (χ0) is 37.2. The molecule has 0 unspecified atom stereocenters. The number of aliphatic hydroxyl groups excluding tert-OH is 16. The first-order valence-corrected chi connectivity index (χ1v) is 13.9.